The van der Waals surface area contributed by atoms with E-state index >= 15 is 0 Å². The first-order valence-corrected chi connectivity index (χ1v) is 14.2. The number of aliphatic hydroxyl groups excluding tert-OH is 1. The molecule has 7 N–H and O–H groups in total. The van der Waals surface area contributed by atoms with Crippen molar-refractivity contribution in [2.75, 3.05) is 6.54 Å². The molecule has 1 aliphatic rings. The van der Waals surface area contributed by atoms with E-state index in [2.05, 4.69) is 5.32 Å². The van der Waals surface area contributed by atoms with Gasteiger partial charge in [0.1, 0.15) is 6.17 Å². The number of carboxylic acid groups (broad SMARTS) is 1. The molecule has 0 spiro atoms. The predicted molar refractivity (Wildman–Crippen MR) is 159 cm³/mol. The first-order valence-electron chi connectivity index (χ1n) is 14.2. The number of nitrogens with zero attached hydrogens (tertiary/aromatic N) is 2. The monoisotopic (exact) mass is 595 g/mol. The van der Waals surface area contributed by atoms with Gasteiger partial charge in [0.05, 0.1) is 30.2 Å². The molecule has 2 aromatic rings. The molecule has 2 aromatic carbocycles. The minimum Gasteiger partial charge on any atom is -0.478 e. The van der Waals surface area contributed by atoms with Crippen LogP contribution in [0, 0.1) is 0 Å². The van der Waals surface area contributed by atoms with Crippen molar-refractivity contribution in [2.24, 2.45) is 11.5 Å². The van der Waals surface area contributed by atoms with Gasteiger partial charge in [0.2, 0.25) is 17.7 Å². The van der Waals surface area contributed by atoms with Crippen LogP contribution in [0.4, 0.5) is 0 Å². The van der Waals surface area contributed by atoms with Gasteiger partial charge in [-0.05, 0) is 82.8 Å². The third-order valence-electron chi connectivity index (χ3n) is 7.49. The fourth-order valence-corrected chi connectivity index (χ4v) is 5.27. The third kappa shape index (κ3) is 8.69. The highest BCUT2D eigenvalue weighted by Crippen LogP contribution is 2.27. The number of hydrogen-bond acceptors (Lipinski definition) is 8. The summed E-state index contributed by atoms with van der Waals surface area (Å²) in [6.07, 6.45) is -1.85. The number of rotatable bonds is 12. The van der Waals surface area contributed by atoms with Crippen LogP contribution in [0.3, 0.4) is 0 Å². The molecule has 4 atom stereocenters. The number of amides is 4. The van der Waals surface area contributed by atoms with Crippen LogP contribution in [0.2, 0.25) is 0 Å². The number of primary amides is 1. The maximum Gasteiger partial charge on any atom is 0.335 e. The Balaban J connectivity index is 2.04. The molecule has 3 rings (SSSR count). The largest absolute Gasteiger partial charge is 0.478 e. The average Bonchev–Trinajstić information content (AvgIpc) is 3.47. The maximum atomic E-state index is 13.9. The summed E-state index contributed by atoms with van der Waals surface area (Å²) in [5.41, 5.74) is 11.7. The van der Waals surface area contributed by atoms with E-state index < -0.39 is 60.4 Å². The highest BCUT2D eigenvalue weighted by Gasteiger charge is 2.42. The Morgan fingerprint density at radius 1 is 1.02 bits per heavy atom. The molecule has 0 radical (unpaired) electrons. The maximum absolute atomic E-state index is 13.9. The molecule has 4 amide bonds. The number of likely N-dealkylation sites (tertiary alicyclic amines) is 1. The van der Waals surface area contributed by atoms with Crippen molar-refractivity contribution >= 4 is 29.6 Å². The Morgan fingerprint density at radius 2 is 1.63 bits per heavy atom. The summed E-state index contributed by atoms with van der Waals surface area (Å²) in [7, 11) is 0. The van der Waals surface area contributed by atoms with Crippen molar-refractivity contribution in [3.05, 3.63) is 71.3 Å². The molecule has 43 heavy (non-hydrogen) atoms. The minimum atomic E-state index is -1.56. The van der Waals surface area contributed by atoms with Crippen LogP contribution in [0.25, 0.3) is 0 Å². The number of aryl methyl sites for hydroxylation is 1. The van der Waals surface area contributed by atoms with Crippen molar-refractivity contribution in [3.8, 4) is 0 Å². The zero-order chi connectivity index (χ0) is 31.9. The van der Waals surface area contributed by atoms with Crippen LogP contribution in [0.15, 0.2) is 54.6 Å². The lowest BCUT2D eigenvalue weighted by atomic mass is 10.0. The number of hydrogen-bond donors (Lipinski definition) is 5. The minimum absolute atomic E-state index is 0.0582. The molecular formula is C31H41N5O7. The highest BCUT2D eigenvalue weighted by atomic mass is 16.4. The van der Waals surface area contributed by atoms with E-state index in [0.717, 1.165) is 12.0 Å². The number of carbonyl (C=O) groups is 5. The van der Waals surface area contributed by atoms with E-state index in [0.29, 0.717) is 24.3 Å². The quantitative estimate of drug-likeness (QED) is 0.224. The number of nitrogens with one attached hydrogen (secondary N) is 1. The summed E-state index contributed by atoms with van der Waals surface area (Å²) in [6.45, 7) is 6.61. The van der Waals surface area contributed by atoms with Crippen LogP contribution in [0.1, 0.15) is 72.7 Å². The molecule has 12 nitrogen and oxygen atoms in total. The normalized spacial score (nSPS) is 17.5. The van der Waals surface area contributed by atoms with E-state index in [4.69, 9.17) is 11.5 Å². The van der Waals surface area contributed by atoms with E-state index in [9.17, 15) is 34.2 Å². The first-order chi connectivity index (χ1) is 20.2. The number of imide groups is 1. The lowest BCUT2D eigenvalue weighted by molar-refractivity contribution is -0.140. The molecule has 0 aliphatic carbocycles. The second-order valence-electron chi connectivity index (χ2n) is 11.7. The number of aliphatic hydroxyl groups is 1. The lowest BCUT2D eigenvalue weighted by Gasteiger charge is -2.39. The summed E-state index contributed by atoms with van der Waals surface area (Å²) in [4.78, 5) is 67.1. The Kier molecular flexibility index (Phi) is 11.1. The molecule has 1 heterocycles. The predicted octanol–water partition coefficient (Wildman–Crippen LogP) is 1.26. The summed E-state index contributed by atoms with van der Waals surface area (Å²) in [5, 5.41) is 23.5. The van der Waals surface area contributed by atoms with Crippen LogP contribution in [-0.4, -0.2) is 86.0 Å². The fourth-order valence-electron chi connectivity index (χ4n) is 5.27. The van der Waals surface area contributed by atoms with E-state index in [1.54, 1.807) is 0 Å². The van der Waals surface area contributed by atoms with Crippen molar-refractivity contribution in [1.82, 2.24) is 15.1 Å². The number of nitrogens with two attached hydrogens (primary N) is 2. The molecule has 2 unspecified atom stereocenters. The van der Waals surface area contributed by atoms with Gasteiger partial charge >= 0.3 is 5.97 Å². The molecule has 12 heteroatoms. The summed E-state index contributed by atoms with van der Waals surface area (Å²) < 4.78 is 0. The van der Waals surface area contributed by atoms with Gasteiger partial charge < -0.3 is 27.0 Å². The Hall–Kier alpha value is -4.13. The van der Waals surface area contributed by atoms with Gasteiger partial charge in [0.15, 0.2) is 0 Å². The van der Waals surface area contributed by atoms with E-state index in [1.807, 2.05) is 56.0 Å². The van der Waals surface area contributed by atoms with Gasteiger partial charge in [-0.25, -0.2) is 4.79 Å². The molecular weight excluding hydrogens is 554 g/mol. The summed E-state index contributed by atoms with van der Waals surface area (Å²) in [6, 6.07) is 12.0. The molecule has 0 bridgehead atoms. The summed E-state index contributed by atoms with van der Waals surface area (Å²) >= 11 is 0. The van der Waals surface area contributed by atoms with Crippen molar-refractivity contribution in [1.29, 1.82) is 0 Å². The molecule has 0 saturated carbocycles. The highest BCUT2D eigenvalue weighted by molar-refractivity contribution is 6.07. The van der Waals surface area contributed by atoms with Crippen LogP contribution in [-0.2, 0) is 20.8 Å². The number of aromatic carboxylic acids is 1. The Bertz CT molecular complexity index is 1310. The van der Waals surface area contributed by atoms with Gasteiger partial charge in [-0.15, -0.1) is 0 Å². The van der Waals surface area contributed by atoms with Crippen molar-refractivity contribution < 1.29 is 34.2 Å². The van der Waals surface area contributed by atoms with E-state index in [1.165, 1.54) is 24.3 Å². The van der Waals surface area contributed by atoms with Crippen molar-refractivity contribution in [3.63, 3.8) is 0 Å². The number of carbonyl (C=O) groups excluding carboxylic acids is 4. The van der Waals surface area contributed by atoms with Gasteiger partial charge in [0, 0.05) is 11.1 Å². The molecule has 1 saturated heterocycles. The summed E-state index contributed by atoms with van der Waals surface area (Å²) in [5.74, 6) is -4.54. The zero-order valence-electron chi connectivity index (χ0n) is 24.7. The standard InChI is InChI=1S/C31H41N5O7/c1-31(2,3)35-17-7-10-23(35)27(39)34-26(24(37)16-11-19-8-5-4-6-9-19)36(29(41)22(32)18-25(33)38)28(40)20-12-14-21(15-13-20)30(42)43/h4-6,8-9,12-15,22-24,26,37H,7,10-11,16-18,32H2,1-3H3,(H2,33,38)(H,34,39)(H,42,43)/t22-,23+,24?,26?/m0/s1. The lowest BCUT2D eigenvalue weighted by Crippen LogP contribution is -2.64. The van der Waals surface area contributed by atoms with Gasteiger partial charge in [0.25, 0.3) is 5.91 Å². The van der Waals surface area contributed by atoms with Crippen molar-refractivity contribution in [2.45, 2.75) is 82.8 Å². The Labute approximate surface area is 251 Å². The Morgan fingerprint density at radius 3 is 2.19 bits per heavy atom. The average molecular weight is 596 g/mol. The van der Waals surface area contributed by atoms with E-state index in [-0.39, 0.29) is 23.1 Å². The van der Waals surface area contributed by atoms with Gasteiger partial charge in [-0.2, -0.15) is 0 Å². The topological polar surface area (TPSA) is 196 Å². The molecule has 1 fully saturated rings. The second kappa shape index (κ2) is 14.4. The molecule has 232 valence electrons. The smallest absolute Gasteiger partial charge is 0.335 e. The molecule has 0 aromatic heterocycles. The van der Waals surface area contributed by atoms with Gasteiger partial charge in [-0.3, -0.25) is 29.0 Å². The SMILES string of the molecule is CC(C)(C)N1CCC[C@@H]1C(=O)NC(C(O)CCc1ccccc1)N(C(=O)c1ccc(C(=O)O)cc1)C(=O)[C@@H](N)CC(N)=O. The number of carboxylic acids is 1. The van der Waals surface area contributed by atoms with Crippen LogP contribution >= 0.6 is 0 Å². The number of benzene rings is 2. The zero-order valence-corrected chi connectivity index (χ0v) is 24.7. The second-order valence-corrected chi connectivity index (χ2v) is 11.7. The fraction of sp³-hybridized carbons (Fsp3) is 0.452. The van der Waals surface area contributed by atoms with Crippen LogP contribution in [0.5, 0.6) is 0 Å². The first kappa shape index (κ1) is 33.4. The van der Waals surface area contributed by atoms with Gasteiger partial charge in [-0.1, -0.05) is 30.3 Å². The third-order valence-corrected chi connectivity index (χ3v) is 7.49. The van der Waals surface area contributed by atoms with Crippen LogP contribution < -0.4 is 16.8 Å². The molecule has 1 aliphatic heterocycles.